The van der Waals surface area contributed by atoms with Crippen LogP contribution in [0.1, 0.15) is 66.9 Å². The SMILES string of the molecule is Cn1c(Nc2ccc(F)c(C3CCCC3)c2)nc2cc(Oc3ccnc(C(=O)NCCCN4CCCC4=O)c3)ccc21. The average Bonchev–Trinajstić information content (AvgIpc) is 3.74. The number of anilines is 2. The molecule has 6 rings (SSSR count). The van der Waals surface area contributed by atoms with Crippen molar-refractivity contribution >= 4 is 34.5 Å². The number of likely N-dealkylation sites (tertiary alicyclic amines) is 1. The minimum Gasteiger partial charge on any atom is -0.457 e. The molecule has 2 aromatic carbocycles. The zero-order valence-corrected chi connectivity index (χ0v) is 23.7. The summed E-state index contributed by atoms with van der Waals surface area (Å²) >= 11 is 0. The van der Waals surface area contributed by atoms with Crippen LogP contribution in [0.5, 0.6) is 11.5 Å². The summed E-state index contributed by atoms with van der Waals surface area (Å²) in [6.45, 7) is 1.90. The van der Waals surface area contributed by atoms with Gasteiger partial charge in [0.05, 0.1) is 11.0 Å². The van der Waals surface area contributed by atoms with Crippen LogP contribution >= 0.6 is 0 Å². The number of pyridine rings is 1. The van der Waals surface area contributed by atoms with Gasteiger partial charge >= 0.3 is 0 Å². The molecule has 2 aliphatic rings. The van der Waals surface area contributed by atoms with E-state index < -0.39 is 0 Å². The topological polar surface area (TPSA) is 101 Å². The molecule has 2 fully saturated rings. The van der Waals surface area contributed by atoms with Gasteiger partial charge in [-0.1, -0.05) is 12.8 Å². The maximum atomic E-state index is 14.5. The first-order chi connectivity index (χ1) is 20.4. The van der Waals surface area contributed by atoms with Gasteiger partial charge in [0.2, 0.25) is 11.9 Å². The van der Waals surface area contributed by atoms with Gasteiger partial charge in [0, 0.05) is 57.1 Å². The molecule has 0 bridgehead atoms. The minimum atomic E-state index is -0.291. The summed E-state index contributed by atoms with van der Waals surface area (Å²) in [6.07, 6.45) is 8.11. The number of nitrogens with zero attached hydrogens (tertiary/aromatic N) is 4. The van der Waals surface area contributed by atoms with E-state index in [4.69, 9.17) is 9.72 Å². The molecule has 2 N–H and O–H groups in total. The Morgan fingerprint density at radius 2 is 1.90 bits per heavy atom. The van der Waals surface area contributed by atoms with Crippen LogP contribution in [0.4, 0.5) is 16.0 Å². The lowest BCUT2D eigenvalue weighted by atomic mass is 9.96. The van der Waals surface area contributed by atoms with Crippen LogP contribution in [0, 0.1) is 5.82 Å². The molecule has 0 unspecified atom stereocenters. The first-order valence-electron chi connectivity index (χ1n) is 14.7. The summed E-state index contributed by atoms with van der Waals surface area (Å²) in [6, 6.07) is 14.1. The van der Waals surface area contributed by atoms with Crippen LogP contribution in [-0.2, 0) is 11.8 Å². The van der Waals surface area contributed by atoms with Gasteiger partial charge in [0.15, 0.2) is 0 Å². The number of aromatic nitrogens is 3. The summed E-state index contributed by atoms with van der Waals surface area (Å²) in [4.78, 5) is 35.2. The van der Waals surface area contributed by atoms with Crippen molar-refractivity contribution in [2.75, 3.05) is 25.0 Å². The molecule has 0 radical (unpaired) electrons. The lowest BCUT2D eigenvalue weighted by Crippen LogP contribution is -2.30. The summed E-state index contributed by atoms with van der Waals surface area (Å²) in [5.74, 6) is 1.72. The summed E-state index contributed by atoms with van der Waals surface area (Å²) in [5, 5.41) is 6.22. The molecule has 3 heterocycles. The molecular weight excluding hydrogens is 535 g/mol. The predicted molar refractivity (Wildman–Crippen MR) is 159 cm³/mol. The number of amides is 2. The van der Waals surface area contributed by atoms with Crippen molar-refractivity contribution in [2.24, 2.45) is 7.05 Å². The van der Waals surface area contributed by atoms with Gasteiger partial charge in [-0.2, -0.15) is 0 Å². The van der Waals surface area contributed by atoms with Gasteiger partial charge in [0.25, 0.3) is 5.91 Å². The Hall–Kier alpha value is -4.47. The van der Waals surface area contributed by atoms with Crippen molar-refractivity contribution in [1.29, 1.82) is 0 Å². The van der Waals surface area contributed by atoms with Crippen LogP contribution in [-0.4, -0.2) is 50.9 Å². The third-order valence-electron chi connectivity index (χ3n) is 8.16. The van der Waals surface area contributed by atoms with Crippen molar-refractivity contribution < 1.29 is 18.7 Å². The second kappa shape index (κ2) is 12.2. The lowest BCUT2D eigenvalue weighted by molar-refractivity contribution is -0.127. The quantitative estimate of drug-likeness (QED) is 0.225. The normalized spacial score (nSPS) is 15.5. The number of rotatable bonds is 10. The zero-order chi connectivity index (χ0) is 29.1. The van der Waals surface area contributed by atoms with Crippen LogP contribution in [0.15, 0.2) is 54.7 Å². The number of ether oxygens (including phenoxy) is 1. The van der Waals surface area contributed by atoms with Crippen LogP contribution in [0.2, 0.25) is 0 Å². The molecule has 4 aromatic rings. The highest BCUT2D eigenvalue weighted by Gasteiger charge is 2.21. The molecule has 10 heteroatoms. The van der Waals surface area contributed by atoms with E-state index in [1.54, 1.807) is 18.2 Å². The number of hydrogen-bond donors (Lipinski definition) is 2. The molecule has 1 aliphatic carbocycles. The van der Waals surface area contributed by atoms with E-state index in [-0.39, 0.29) is 29.2 Å². The molecule has 0 spiro atoms. The molecule has 2 aromatic heterocycles. The average molecular weight is 571 g/mol. The zero-order valence-electron chi connectivity index (χ0n) is 23.7. The number of carbonyl (C=O) groups is 2. The molecule has 1 aliphatic heterocycles. The van der Waals surface area contributed by atoms with Gasteiger partial charge in [-0.3, -0.25) is 14.6 Å². The molecule has 218 valence electrons. The van der Waals surface area contributed by atoms with E-state index in [0.717, 1.165) is 60.9 Å². The van der Waals surface area contributed by atoms with E-state index in [9.17, 15) is 14.0 Å². The Morgan fingerprint density at radius 3 is 2.71 bits per heavy atom. The van der Waals surface area contributed by atoms with E-state index in [2.05, 4.69) is 15.6 Å². The van der Waals surface area contributed by atoms with E-state index in [0.29, 0.717) is 43.4 Å². The van der Waals surface area contributed by atoms with Gasteiger partial charge in [-0.15, -0.1) is 0 Å². The number of imidazole rings is 1. The molecule has 1 saturated carbocycles. The predicted octanol–water partition coefficient (Wildman–Crippen LogP) is 6.04. The Bertz CT molecular complexity index is 1610. The number of halogens is 1. The number of fused-ring (bicyclic) bond motifs is 1. The van der Waals surface area contributed by atoms with Crippen LogP contribution in [0.3, 0.4) is 0 Å². The number of aryl methyl sites for hydroxylation is 1. The Kier molecular flexibility index (Phi) is 8.03. The maximum absolute atomic E-state index is 14.5. The number of nitrogens with one attached hydrogen (secondary N) is 2. The molecule has 1 saturated heterocycles. The fourth-order valence-electron chi connectivity index (χ4n) is 5.89. The molecule has 0 atom stereocenters. The smallest absolute Gasteiger partial charge is 0.270 e. The minimum absolute atomic E-state index is 0.147. The Balaban J connectivity index is 1.10. The summed E-state index contributed by atoms with van der Waals surface area (Å²) < 4.78 is 22.5. The van der Waals surface area contributed by atoms with E-state index in [1.165, 1.54) is 12.3 Å². The third kappa shape index (κ3) is 6.07. The first kappa shape index (κ1) is 27.7. The van der Waals surface area contributed by atoms with E-state index in [1.807, 2.05) is 40.8 Å². The standard InChI is InChI=1S/C32H35FN6O3/c1-38-29-12-10-23(19-27(29)37-32(38)36-22-9-11-26(33)25(18-22)21-6-2-3-7-21)42-24-13-15-34-28(20-24)31(41)35-14-5-17-39-16-4-8-30(39)40/h9-13,15,18-21H,2-8,14,16-17H2,1H3,(H,35,41)(H,36,37). The fourth-order valence-corrected chi connectivity index (χ4v) is 5.89. The lowest BCUT2D eigenvalue weighted by Gasteiger charge is -2.15. The van der Waals surface area contributed by atoms with Gasteiger partial charge in [-0.25, -0.2) is 9.37 Å². The van der Waals surface area contributed by atoms with Gasteiger partial charge < -0.3 is 24.8 Å². The highest BCUT2D eigenvalue weighted by atomic mass is 19.1. The summed E-state index contributed by atoms with van der Waals surface area (Å²) in [5.41, 5.74) is 3.48. The largest absolute Gasteiger partial charge is 0.457 e. The second-order valence-corrected chi connectivity index (χ2v) is 11.1. The van der Waals surface area contributed by atoms with E-state index >= 15 is 0 Å². The van der Waals surface area contributed by atoms with Crippen LogP contribution in [0.25, 0.3) is 11.0 Å². The number of hydrogen-bond acceptors (Lipinski definition) is 6. The molecular formula is C32H35FN6O3. The van der Waals surface area contributed by atoms with Crippen molar-refractivity contribution in [3.05, 3.63) is 71.8 Å². The first-order valence-corrected chi connectivity index (χ1v) is 14.7. The number of carbonyl (C=O) groups excluding carboxylic acids is 2. The van der Waals surface area contributed by atoms with Gasteiger partial charge in [0.1, 0.15) is 23.0 Å². The van der Waals surface area contributed by atoms with Crippen molar-refractivity contribution in [3.8, 4) is 11.5 Å². The van der Waals surface area contributed by atoms with Crippen molar-refractivity contribution in [2.45, 2.75) is 50.9 Å². The highest BCUT2D eigenvalue weighted by Crippen LogP contribution is 2.37. The second-order valence-electron chi connectivity index (χ2n) is 11.1. The highest BCUT2D eigenvalue weighted by molar-refractivity contribution is 5.92. The molecule has 9 nitrogen and oxygen atoms in total. The Morgan fingerprint density at radius 1 is 1.07 bits per heavy atom. The fraction of sp³-hybridized carbons (Fsp3) is 0.375. The number of benzene rings is 2. The van der Waals surface area contributed by atoms with Crippen molar-refractivity contribution in [1.82, 2.24) is 24.8 Å². The van der Waals surface area contributed by atoms with Crippen LogP contribution < -0.4 is 15.4 Å². The maximum Gasteiger partial charge on any atom is 0.270 e. The van der Waals surface area contributed by atoms with Crippen molar-refractivity contribution in [3.63, 3.8) is 0 Å². The molecule has 2 amide bonds. The molecule has 42 heavy (non-hydrogen) atoms. The van der Waals surface area contributed by atoms with Gasteiger partial charge in [-0.05, 0) is 73.6 Å². The summed E-state index contributed by atoms with van der Waals surface area (Å²) in [7, 11) is 1.93. The Labute approximate surface area is 244 Å². The third-order valence-corrected chi connectivity index (χ3v) is 8.16. The monoisotopic (exact) mass is 570 g/mol.